The molecule has 1 heterocycles. The number of nitrogens with two attached hydrogens (primary N) is 1. The number of H-pyrrole nitrogens is 1. The second kappa shape index (κ2) is 5.64. The molecule has 0 aliphatic carbocycles. The predicted molar refractivity (Wildman–Crippen MR) is 58.1 cm³/mol. The van der Waals surface area contributed by atoms with Gasteiger partial charge in [-0.15, -0.1) is 0 Å². The zero-order valence-corrected chi connectivity index (χ0v) is 8.92. The lowest BCUT2D eigenvalue weighted by Crippen LogP contribution is -2.50. The molecule has 0 unspecified atom stereocenters. The Morgan fingerprint density at radius 3 is 2.94 bits per heavy atom. The molecular formula is C8H15BN4O3. The zero-order valence-electron chi connectivity index (χ0n) is 8.92. The average Bonchev–Trinajstić information content (AvgIpc) is 2.69. The summed E-state index contributed by atoms with van der Waals surface area (Å²) in [4.78, 5) is 18.1. The lowest BCUT2D eigenvalue weighted by Gasteiger charge is -2.16. The van der Waals surface area contributed by atoms with E-state index in [1.807, 2.05) is 0 Å². The van der Waals surface area contributed by atoms with Crippen molar-refractivity contribution in [2.45, 2.75) is 25.3 Å². The van der Waals surface area contributed by atoms with Crippen molar-refractivity contribution < 1.29 is 14.8 Å². The largest absolute Gasteiger partial charge is 0.475 e. The Labute approximate surface area is 93.2 Å². The van der Waals surface area contributed by atoms with Gasteiger partial charge in [0.15, 0.2) is 0 Å². The Bertz CT molecular complexity index is 330. The van der Waals surface area contributed by atoms with Crippen LogP contribution >= 0.6 is 0 Å². The number of aromatic nitrogens is 2. The molecule has 8 heteroatoms. The van der Waals surface area contributed by atoms with Crippen molar-refractivity contribution in [1.29, 1.82) is 0 Å². The van der Waals surface area contributed by atoms with Crippen LogP contribution in [0.2, 0.25) is 0 Å². The Kier molecular flexibility index (Phi) is 4.47. The van der Waals surface area contributed by atoms with Crippen molar-refractivity contribution in [1.82, 2.24) is 15.3 Å². The van der Waals surface area contributed by atoms with Crippen LogP contribution in [-0.2, 0) is 11.2 Å². The molecule has 1 amide bonds. The van der Waals surface area contributed by atoms with Crippen molar-refractivity contribution in [3.05, 3.63) is 18.2 Å². The molecule has 0 radical (unpaired) electrons. The number of hydrogen-bond donors (Lipinski definition) is 5. The fourth-order valence-electron chi connectivity index (χ4n) is 1.13. The van der Waals surface area contributed by atoms with E-state index < -0.39 is 25.0 Å². The van der Waals surface area contributed by atoms with Gasteiger partial charge in [0, 0.05) is 18.3 Å². The summed E-state index contributed by atoms with van der Waals surface area (Å²) in [6.45, 7) is 1.48. The van der Waals surface area contributed by atoms with Crippen molar-refractivity contribution in [2.24, 2.45) is 5.73 Å². The predicted octanol–water partition coefficient (Wildman–Crippen LogP) is -2.20. The van der Waals surface area contributed by atoms with Crippen LogP contribution in [0.3, 0.4) is 0 Å². The molecule has 0 aliphatic rings. The first-order valence-corrected chi connectivity index (χ1v) is 4.90. The summed E-state index contributed by atoms with van der Waals surface area (Å²) in [5.41, 5.74) is 6.38. The Morgan fingerprint density at radius 2 is 2.44 bits per heavy atom. The average molecular weight is 226 g/mol. The molecule has 1 rings (SSSR count). The Balaban J connectivity index is 2.42. The maximum absolute atomic E-state index is 11.5. The van der Waals surface area contributed by atoms with Crippen molar-refractivity contribution in [3.8, 4) is 0 Å². The minimum absolute atomic E-state index is 0.320. The molecule has 0 aliphatic heterocycles. The minimum Gasteiger partial charge on any atom is -0.426 e. The van der Waals surface area contributed by atoms with Crippen LogP contribution < -0.4 is 11.1 Å². The highest BCUT2D eigenvalue weighted by molar-refractivity contribution is 6.43. The molecule has 1 aromatic rings. The standard InChI is InChI=1S/C8H15BN4O3/c1-5(9(15)16)13-8(14)7(10)2-6-3-11-4-12-6/h3-5,7,15-16H,2,10H2,1H3,(H,11,12)(H,13,14)/t5-,7-/m0/s1. The summed E-state index contributed by atoms with van der Waals surface area (Å²) in [6.07, 6.45) is 3.40. The molecular weight excluding hydrogens is 211 g/mol. The third kappa shape index (κ3) is 3.65. The summed E-state index contributed by atoms with van der Waals surface area (Å²) in [5, 5.41) is 20.0. The number of rotatable bonds is 5. The van der Waals surface area contributed by atoms with Crippen LogP contribution in [0.1, 0.15) is 12.6 Å². The molecule has 1 aromatic heterocycles. The van der Waals surface area contributed by atoms with E-state index in [4.69, 9.17) is 15.8 Å². The number of nitrogens with one attached hydrogen (secondary N) is 2. The summed E-state index contributed by atoms with van der Waals surface area (Å²) in [6, 6.07) is -0.748. The summed E-state index contributed by atoms with van der Waals surface area (Å²) >= 11 is 0. The normalized spacial score (nSPS) is 14.2. The van der Waals surface area contributed by atoms with Crippen LogP contribution in [0.4, 0.5) is 0 Å². The molecule has 0 bridgehead atoms. The van der Waals surface area contributed by atoms with Gasteiger partial charge in [0.25, 0.3) is 0 Å². The van der Waals surface area contributed by atoms with E-state index >= 15 is 0 Å². The molecule has 0 aromatic carbocycles. The highest BCUT2D eigenvalue weighted by Crippen LogP contribution is 1.97. The lowest BCUT2D eigenvalue weighted by atomic mass is 9.81. The molecule has 0 spiro atoms. The first kappa shape index (κ1) is 12.7. The molecule has 2 atom stereocenters. The smallest absolute Gasteiger partial charge is 0.426 e. The zero-order chi connectivity index (χ0) is 12.1. The number of carbonyl (C=O) groups excluding carboxylic acids is 1. The van der Waals surface area contributed by atoms with Gasteiger partial charge in [-0.2, -0.15) is 0 Å². The van der Waals surface area contributed by atoms with Crippen molar-refractivity contribution >= 4 is 13.0 Å². The maximum atomic E-state index is 11.5. The van der Waals surface area contributed by atoms with Gasteiger partial charge in [0.05, 0.1) is 18.3 Å². The monoisotopic (exact) mass is 226 g/mol. The van der Waals surface area contributed by atoms with Gasteiger partial charge in [0.2, 0.25) is 5.91 Å². The van der Waals surface area contributed by atoms with Gasteiger partial charge in [-0.1, -0.05) is 0 Å². The van der Waals surface area contributed by atoms with Crippen LogP contribution in [0, 0.1) is 0 Å². The Morgan fingerprint density at radius 1 is 1.75 bits per heavy atom. The highest BCUT2D eigenvalue weighted by Gasteiger charge is 2.23. The number of carbonyl (C=O) groups is 1. The molecule has 0 saturated heterocycles. The second-order valence-electron chi connectivity index (χ2n) is 3.60. The quantitative estimate of drug-likeness (QED) is 0.364. The SMILES string of the molecule is C[C@H](NC(=O)[C@@H](N)Cc1cnc[nH]1)B(O)O. The summed E-state index contributed by atoms with van der Waals surface area (Å²) in [5.74, 6) is -1.18. The van der Waals surface area contributed by atoms with Gasteiger partial charge in [-0.05, 0) is 6.92 Å². The third-order valence-corrected chi connectivity index (χ3v) is 2.15. The van der Waals surface area contributed by atoms with Crippen LogP contribution in [-0.4, -0.2) is 45.0 Å². The van der Waals surface area contributed by atoms with Crippen LogP contribution in [0.25, 0.3) is 0 Å². The van der Waals surface area contributed by atoms with E-state index in [0.29, 0.717) is 6.42 Å². The van der Waals surface area contributed by atoms with Crippen LogP contribution in [0.5, 0.6) is 0 Å². The minimum atomic E-state index is -1.59. The van der Waals surface area contributed by atoms with Gasteiger partial charge in [0.1, 0.15) is 0 Å². The number of nitrogens with zero attached hydrogens (tertiary/aromatic N) is 1. The molecule has 16 heavy (non-hydrogen) atoms. The maximum Gasteiger partial charge on any atom is 0.475 e. The van der Waals surface area contributed by atoms with Crippen LogP contribution in [0.15, 0.2) is 12.5 Å². The number of hydrogen-bond acceptors (Lipinski definition) is 5. The van der Waals surface area contributed by atoms with Gasteiger partial charge < -0.3 is 26.1 Å². The number of aromatic amines is 1. The molecule has 6 N–H and O–H groups in total. The number of imidazole rings is 1. The van der Waals surface area contributed by atoms with E-state index in [1.165, 1.54) is 13.3 Å². The first-order chi connectivity index (χ1) is 7.50. The van der Waals surface area contributed by atoms with Gasteiger partial charge in [-0.3, -0.25) is 4.79 Å². The summed E-state index contributed by atoms with van der Waals surface area (Å²) in [7, 11) is -1.59. The van der Waals surface area contributed by atoms with E-state index in [0.717, 1.165) is 5.69 Å². The van der Waals surface area contributed by atoms with Gasteiger partial charge >= 0.3 is 7.12 Å². The highest BCUT2D eigenvalue weighted by atomic mass is 16.4. The molecule has 7 nitrogen and oxygen atoms in total. The molecule has 88 valence electrons. The van der Waals surface area contributed by atoms with Crippen molar-refractivity contribution in [3.63, 3.8) is 0 Å². The van der Waals surface area contributed by atoms with Gasteiger partial charge in [-0.25, -0.2) is 4.98 Å². The van der Waals surface area contributed by atoms with E-state index in [9.17, 15) is 4.79 Å². The third-order valence-electron chi connectivity index (χ3n) is 2.15. The molecule has 0 saturated carbocycles. The first-order valence-electron chi connectivity index (χ1n) is 4.90. The Hall–Kier alpha value is -1.38. The lowest BCUT2D eigenvalue weighted by molar-refractivity contribution is -0.122. The van der Waals surface area contributed by atoms with E-state index in [-0.39, 0.29) is 0 Å². The van der Waals surface area contributed by atoms with Crippen molar-refractivity contribution in [2.75, 3.05) is 0 Å². The summed E-state index contributed by atoms with van der Waals surface area (Å²) < 4.78 is 0. The molecule has 0 fully saturated rings. The van der Waals surface area contributed by atoms with E-state index in [2.05, 4.69) is 15.3 Å². The number of amides is 1. The van der Waals surface area contributed by atoms with E-state index in [1.54, 1.807) is 6.20 Å². The second-order valence-corrected chi connectivity index (χ2v) is 3.60. The fourth-order valence-corrected chi connectivity index (χ4v) is 1.13. The fraction of sp³-hybridized carbons (Fsp3) is 0.500. The topological polar surface area (TPSA) is 124 Å².